The molecule has 0 bridgehead atoms. The van der Waals surface area contributed by atoms with Crippen LogP contribution in [0.5, 0.6) is 0 Å². The molecule has 4 heterocycles. The fourth-order valence-electron chi connectivity index (χ4n) is 6.00. The Bertz CT molecular complexity index is 1430. The van der Waals surface area contributed by atoms with Crippen molar-refractivity contribution < 1.29 is 19.1 Å². The zero-order valence-electron chi connectivity index (χ0n) is 24.8. The van der Waals surface area contributed by atoms with Gasteiger partial charge in [0.1, 0.15) is 17.9 Å². The van der Waals surface area contributed by atoms with Crippen molar-refractivity contribution in [3.05, 3.63) is 52.7 Å². The molecule has 1 aromatic carbocycles. The fraction of sp³-hybridized carbons (Fsp3) is 0.567. The van der Waals surface area contributed by atoms with Gasteiger partial charge in [-0.2, -0.15) is 0 Å². The number of β-amino-alcohol motifs (C(OH)–C–C–N with tert-alkyl or cyclic N) is 1. The molecule has 0 radical (unpaired) electrons. The molecule has 4 atom stereocenters. The lowest BCUT2D eigenvalue weighted by atomic mass is 9.85. The van der Waals surface area contributed by atoms with E-state index in [-0.39, 0.29) is 24.8 Å². The van der Waals surface area contributed by atoms with E-state index in [1.54, 1.807) is 29.2 Å². The number of thiazole rings is 1. The van der Waals surface area contributed by atoms with Gasteiger partial charge in [-0.25, -0.2) is 14.1 Å². The summed E-state index contributed by atoms with van der Waals surface area (Å²) in [5, 5.41) is 25.6. The predicted octanol–water partition coefficient (Wildman–Crippen LogP) is 3.74. The standard InChI is InChI=1S/C30H40FN7O3S/c1-17(20-6-7-22(23(31)12-20)26-18(2)33-16-42-26)34-28(40)25-13-21(39)14-37(25)29(41)27(30(3,4)5)38-15-24(35-36-38)19-8-10-32-11-9-19/h6-7,12,15-17,19,21,25,27,32,39H,8-11,13-14H2,1-5H3,(H,34,40)/t17-,21+,25-,27+/m0/s1. The van der Waals surface area contributed by atoms with Crippen LogP contribution in [0.3, 0.4) is 0 Å². The molecule has 42 heavy (non-hydrogen) atoms. The first kappa shape index (κ1) is 30.2. The van der Waals surface area contributed by atoms with E-state index in [2.05, 4.69) is 25.9 Å². The highest BCUT2D eigenvalue weighted by molar-refractivity contribution is 7.13. The number of hydrogen-bond donors (Lipinski definition) is 3. The first-order chi connectivity index (χ1) is 19.9. The third-order valence-corrected chi connectivity index (χ3v) is 9.27. The maximum atomic E-state index is 15.1. The van der Waals surface area contributed by atoms with Crippen LogP contribution in [-0.4, -0.2) is 73.6 Å². The third kappa shape index (κ3) is 6.25. The Balaban J connectivity index is 1.32. The quantitative estimate of drug-likeness (QED) is 0.379. The van der Waals surface area contributed by atoms with Crippen molar-refractivity contribution in [2.45, 2.75) is 84.0 Å². The highest BCUT2D eigenvalue weighted by Gasteiger charge is 2.45. The second kappa shape index (κ2) is 12.2. The second-order valence-electron chi connectivity index (χ2n) is 12.5. The van der Waals surface area contributed by atoms with Crippen LogP contribution in [0, 0.1) is 18.2 Å². The normalized spacial score (nSPS) is 21.4. The van der Waals surface area contributed by atoms with Gasteiger partial charge in [-0.05, 0) is 56.8 Å². The molecule has 0 aliphatic carbocycles. The van der Waals surface area contributed by atoms with Crippen LogP contribution in [0.1, 0.15) is 81.9 Å². The lowest BCUT2D eigenvalue weighted by Crippen LogP contribution is -2.50. The number of benzene rings is 1. The van der Waals surface area contributed by atoms with Crippen molar-refractivity contribution in [3.8, 4) is 10.4 Å². The van der Waals surface area contributed by atoms with Gasteiger partial charge in [0.15, 0.2) is 0 Å². The van der Waals surface area contributed by atoms with Crippen LogP contribution >= 0.6 is 11.3 Å². The Morgan fingerprint density at radius 3 is 2.62 bits per heavy atom. The van der Waals surface area contributed by atoms with E-state index in [1.807, 2.05) is 33.9 Å². The summed E-state index contributed by atoms with van der Waals surface area (Å²) in [6.45, 7) is 11.4. The molecule has 2 aliphatic heterocycles. The number of nitrogens with zero attached hydrogens (tertiary/aromatic N) is 5. The van der Waals surface area contributed by atoms with Crippen LogP contribution in [0.2, 0.25) is 0 Å². The molecule has 12 heteroatoms. The Labute approximate surface area is 249 Å². The van der Waals surface area contributed by atoms with Gasteiger partial charge in [0, 0.05) is 30.6 Å². The number of rotatable bonds is 7. The summed E-state index contributed by atoms with van der Waals surface area (Å²) in [7, 11) is 0. The number of nitrogens with one attached hydrogen (secondary N) is 2. The van der Waals surface area contributed by atoms with Crippen LogP contribution in [-0.2, 0) is 9.59 Å². The van der Waals surface area contributed by atoms with Gasteiger partial charge in [0.2, 0.25) is 11.8 Å². The molecule has 10 nitrogen and oxygen atoms in total. The zero-order chi connectivity index (χ0) is 30.2. The number of halogens is 1. The molecular weight excluding hydrogens is 557 g/mol. The van der Waals surface area contributed by atoms with Gasteiger partial charge in [-0.1, -0.05) is 38.1 Å². The zero-order valence-corrected chi connectivity index (χ0v) is 25.6. The van der Waals surface area contributed by atoms with Crippen molar-refractivity contribution in [3.63, 3.8) is 0 Å². The number of carbonyl (C=O) groups is 2. The topological polar surface area (TPSA) is 125 Å². The Hall–Kier alpha value is -3.22. The molecule has 3 N–H and O–H groups in total. The number of piperidine rings is 1. The van der Waals surface area contributed by atoms with Gasteiger partial charge in [-0.15, -0.1) is 16.4 Å². The van der Waals surface area contributed by atoms with Gasteiger partial charge in [-0.3, -0.25) is 9.59 Å². The Kier molecular flexibility index (Phi) is 8.77. The third-order valence-electron chi connectivity index (χ3n) is 8.31. The highest BCUT2D eigenvalue weighted by atomic mass is 32.1. The van der Waals surface area contributed by atoms with Gasteiger partial charge < -0.3 is 20.6 Å². The molecule has 2 fully saturated rings. The summed E-state index contributed by atoms with van der Waals surface area (Å²) in [5.41, 5.74) is 3.85. The molecule has 0 unspecified atom stereocenters. The maximum Gasteiger partial charge on any atom is 0.248 e. The molecule has 2 amide bonds. The van der Waals surface area contributed by atoms with Crippen molar-refractivity contribution in [2.75, 3.05) is 19.6 Å². The Morgan fingerprint density at radius 2 is 1.98 bits per heavy atom. The lowest BCUT2D eigenvalue weighted by molar-refractivity contribution is -0.144. The SMILES string of the molecule is Cc1ncsc1-c1ccc([C@H](C)NC(=O)[C@@H]2C[C@@H](O)CN2C(=O)[C@@H](n2cc(C3CCNCC3)nn2)C(C)(C)C)cc1F. The van der Waals surface area contributed by atoms with Crippen LogP contribution in [0.25, 0.3) is 10.4 Å². The average molecular weight is 598 g/mol. The van der Waals surface area contributed by atoms with Crippen molar-refractivity contribution in [2.24, 2.45) is 5.41 Å². The van der Waals surface area contributed by atoms with Crippen molar-refractivity contribution >= 4 is 23.2 Å². The van der Waals surface area contributed by atoms with E-state index in [1.165, 1.54) is 22.3 Å². The molecule has 0 spiro atoms. The number of aliphatic hydroxyl groups excluding tert-OH is 1. The lowest BCUT2D eigenvalue weighted by Gasteiger charge is -2.35. The molecule has 2 saturated heterocycles. The van der Waals surface area contributed by atoms with E-state index >= 15 is 4.39 Å². The van der Waals surface area contributed by atoms with E-state index in [4.69, 9.17) is 0 Å². The number of amides is 2. The summed E-state index contributed by atoms with van der Waals surface area (Å²) >= 11 is 1.38. The maximum absolute atomic E-state index is 15.1. The summed E-state index contributed by atoms with van der Waals surface area (Å²) < 4.78 is 16.7. The number of hydrogen-bond acceptors (Lipinski definition) is 8. The first-order valence-corrected chi connectivity index (χ1v) is 15.4. The van der Waals surface area contributed by atoms with Crippen LogP contribution < -0.4 is 10.6 Å². The number of aliphatic hydroxyl groups is 1. The fourth-order valence-corrected chi connectivity index (χ4v) is 6.83. The summed E-state index contributed by atoms with van der Waals surface area (Å²) in [4.78, 5) is 34.1. The second-order valence-corrected chi connectivity index (χ2v) is 13.4. The minimum Gasteiger partial charge on any atom is -0.391 e. The first-order valence-electron chi connectivity index (χ1n) is 14.5. The van der Waals surface area contributed by atoms with Crippen molar-refractivity contribution in [1.29, 1.82) is 0 Å². The van der Waals surface area contributed by atoms with Crippen LogP contribution in [0.15, 0.2) is 29.9 Å². The largest absolute Gasteiger partial charge is 0.391 e. The minimum atomic E-state index is -0.865. The highest BCUT2D eigenvalue weighted by Crippen LogP contribution is 2.36. The van der Waals surface area contributed by atoms with E-state index < -0.39 is 41.4 Å². The van der Waals surface area contributed by atoms with E-state index in [0.717, 1.165) is 42.2 Å². The van der Waals surface area contributed by atoms with Gasteiger partial charge in [0.05, 0.1) is 33.9 Å². The summed E-state index contributed by atoms with van der Waals surface area (Å²) in [5.74, 6) is -0.784. The monoisotopic (exact) mass is 597 g/mol. The summed E-state index contributed by atoms with van der Waals surface area (Å²) in [6.07, 6.45) is 3.07. The number of carbonyl (C=O) groups excluding carboxylic acids is 2. The molecule has 3 aromatic rings. The van der Waals surface area contributed by atoms with Gasteiger partial charge in [0.25, 0.3) is 0 Å². The minimum absolute atomic E-state index is 0.0469. The number of aryl methyl sites for hydroxylation is 1. The average Bonchev–Trinajstić information content (AvgIpc) is 3.68. The number of likely N-dealkylation sites (tertiary alicyclic amines) is 1. The van der Waals surface area contributed by atoms with Gasteiger partial charge >= 0.3 is 0 Å². The van der Waals surface area contributed by atoms with Crippen LogP contribution in [0.4, 0.5) is 4.39 Å². The molecule has 5 rings (SSSR count). The molecular formula is C30H40FN7O3S. The predicted molar refractivity (Wildman–Crippen MR) is 158 cm³/mol. The van der Waals surface area contributed by atoms with E-state index in [9.17, 15) is 14.7 Å². The molecule has 2 aliphatic rings. The molecule has 2 aromatic heterocycles. The van der Waals surface area contributed by atoms with Crippen molar-refractivity contribution in [1.82, 2.24) is 35.5 Å². The summed E-state index contributed by atoms with van der Waals surface area (Å²) in [6, 6.07) is 2.82. The number of aromatic nitrogens is 4. The Morgan fingerprint density at radius 1 is 1.24 bits per heavy atom. The van der Waals surface area contributed by atoms with E-state index in [0.29, 0.717) is 11.1 Å². The molecule has 226 valence electrons. The smallest absolute Gasteiger partial charge is 0.248 e. The molecule has 0 saturated carbocycles.